The molecule has 0 radical (unpaired) electrons. The summed E-state index contributed by atoms with van der Waals surface area (Å²) >= 11 is 1.46. The van der Waals surface area contributed by atoms with Gasteiger partial charge in [-0.15, -0.1) is 11.3 Å². The first kappa shape index (κ1) is 17.8. The Hall–Kier alpha value is -2.97. The van der Waals surface area contributed by atoms with E-state index in [1.54, 1.807) is 6.20 Å². The number of benzene rings is 1. The lowest BCUT2D eigenvalue weighted by atomic mass is 10.2. The van der Waals surface area contributed by atoms with Crippen molar-refractivity contribution in [2.24, 2.45) is 0 Å². The van der Waals surface area contributed by atoms with Crippen molar-refractivity contribution in [3.05, 3.63) is 75.5 Å². The first-order valence-corrected chi connectivity index (χ1v) is 9.28. The van der Waals surface area contributed by atoms with Crippen LogP contribution in [-0.2, 0) is 6.42 Å². The predicted molar refractivity (Wildman–Crippen MR) is 105 cm³/mol. The first-order valence-electron chi connectivity index (χ1n) is 8.46. The van der Waals surface area contributed by atoms with Gasteiger partial charge in [-0.3, -0.25) is 4.79 Å². The minimum atomic E-state index is -0.128. The monoisotopic (exact) mass is 361 g/mol. The summed E-state index contributed by atoms with van der Waals surface area (Å²) in [5.41, 5.74) is 3.03. The molecule has 1 aromatic carbocycles. The summed E-state index contributed by atoms with van der Waals surface area (Å²) in [6.45, 7) is 3.98. The first-order chi connectivity index (χ1) is 12.7. The molecule has 2 heterocycles. The number of aryl methyl sites for hydroxylation is 2. The Morgan fingerprint density at radius 2 is 2.08 bits per heavy atom. The van der Waals surface area contributed by atoms with E-state index >= 15 is 0 Å². The Kier molecular flexibility index (Phi) is 5.77. The van der Waals surface area contributed by atoms with Crippen LogP contribution >= 0.6 is 11.3 Å². The molecule has 3 rings (SSSR count). The predicted octanol–water partition coefficient (Wildman–Crippen LogP) is 4.45. The van der Waals surface area contributed by atoms with Crippen LogP contribution in [0.3, 0.4) is 0 Å². The van der Waals surface area contributed by atoms with Crippen molar-refractivity contribution in [1.82, 2.24) is 9.97 Å². The number of rotatable bonds is 4. The molecule has 1 amide bonds. The molecule has 0 atom stereocenters. The molecule has 0 aliphatic carbocycles. The highest BCUT2D eigenvalue weighted by Gasteiger charge is 2.15. The van der Waals surface area contributed by atoms with Gasteiger partial charge in [-0.2, -0.15) is 0 Å². The van der Waals surface area contributed by atoms with Crippen LogP contribution in [0.1, 0.15) is 45.0 Å². The SMILES string of the molecule is CCCc1nc(C)c(C(=O)Nc2cccc(C#Cc3ccccn3)c2)s1. The minimum Gasteiger partial charge on any atom is -0.321 e. The fourth-order valence-electron chi connectivity index (χ4n) is 2.42. The smallest absolute Gasteiger partial charge is 0.267 e. The highest BCUT2D eigenvalue weighted by molar-refractivity contribution is 7.13. The second kappa shape index (κ2) is 8.41. The van der Waals surface area contributed by atoms with Crippen LogP contribution in [0.15, 0.2) is 48.7 Å². The Balaban J connectivity index is 1.75. The van der Waals surface area contributed by atoms with Crippen LogP contribution in [0.2, 0.25) is 0 Å². The zero-order valence-corrected chi connectivity index (χ0v) is 15.6. The lowest BCUT2D eigenvalue weighted by molar-refractivity contribution is 0.103. The third-order valence-electron chi connectivity index (χ3n) is 3.63. The normalized spacial score (nSPS) is 10.1. The van der Waals surface area contributed by atoms with Gasteiger partial charge >= 0.3 is 0 Å². The van der Waals surface area contributed by atoms with Gasteiger partial charge in [0, 0.05) is 17.4 Å². The zero-order chi connectivity index (χ0) is 18.4. The van der Waals surface area contributed by atoms with Crippen LogP contribution in [0.5, 0.6) is 0 Å². The van der Waals surface area contributed by atoms with Crippen LogP contribution < -0.4 is 5.32 Å². The maximum absolute atomic E-state index is 12.6. The van der Waals surface area contributed by atoms with E-state index in [0.29, 0.717) is 16.3 Å². The fraction of sp³-hybridized carbons (Fsp3) is 0.190. The molecule has 1 N–H and O–H groups in total. The van der Waals surface area contributed by atoms with E-state index < -0.39 is 0 Å². The molecule has 130 valence electrons. The molecule has 0 fully saturated rings. The molecule has 0 spiro atoms. The Morgan fingerprint density at radius 3 is 2.85 bits per heavy atom. The number of amides is 1. The average molecular weight is 361 g/mol. The van der Waals surface area contributed by atoms with Crippen molar-refractivity contribution >= 4 is 22.9 Å². The minimum absolute atomic E-state index is 0.128. The summed E-state index contributed by atoms with van der Waals surface area (Å²) in [5, 5.41) is 3.95. The third kappa shape index (κ3) is 4.56. The maximum Gasteiger partial charge on any atom is 0.267 e. The van der Waals surface area contributed by atoms with Gasteiger partial charge in [0.2, 0.25) is 0 Å². The van der Waals surface area contributed by atoms with Gasteiger partial charge in [-0.1, -0.05) is 25.0 Å². The molecule has 0 aliphatic heterocycles. The molecule has 5 heteroatoms. The number of carbonyl (C=O) groups excluding carboxylic acids is 1. The number of carbonyl (C=O) groups is 1. The maximum atomic E-state index is 12.6. The molecule has 26 heavy (non-hydrogen) atoms. The van der Waals surface area contributed by atoms with Gasteiger partial charge in [0.25, 0.3) is 5.91 Å². The zero-order valence-electron chi connectivity index (χ0n) is 14.7. The van der Waals surface area contributed by atoms with Crippen molar-refractivity contribution in [3.8, 4) is 11.8 Å². The van der Waals surface area contributed by atoms with Crippen molar-refractivity contribution in [1.29, 1.82) is 0 Å². The van der Waals surface area contributed by atoms with Crippen LogP contribution in [0.4, 0.5) is 5.69 Å². The largest absolute Gasteiger partial charge is 0.321 e. The Labute approximate surface area is 157 Å². The summed E-state index contributed by atoms with van der Waals surface area (Å²) < 4.78 is 0. The van der Waals surface area contributed by atoms with Gasteiger partial charge in [0.15, 0.2) is 0 Å². The Morgan fingerprint density at radius 1 is 1.19 bits per heavy atom. The van der Waals surface area contributed by atoms with Crippen LogP contribution in [0, 0.1) is 18.8 Å². The average Bonchev–Trinajstić information content (AvgIpc) is 3.02. The van der Waals surface area contributed by atoms with E-state index in [2.05, 4.69) is 34.0 Å². The standard InChI is InChI=1S/C21H19N3OS/c1-3-7-19-23-15(2)20(26-19)21(25)24-18-10-6-8-16(14-18)11-12-17-9-4-5-13-22-17/h4-6,8-10,13-14H,3,7H2,1-2H3,(H,24,25). The van der Waals surface area contributed by atoms with Gasteiger partial charge in [-0.25, -0.2) is 9.97 Å². The number of nitrogens with one attached hydrogen (secondary N) is 1. The summed E-state index contributed by atoms with van der Waals surface area (Å²) in [4.78, 5) is 21.9. The Bertz CT molecular complexity index is 968. The molecule has 2 aromatic heterocycles. The number of thiazole rings is 1. The van der Waals surface area contributed by atoms with Gasteiger partial charge in [0.05, 0.1) is 10.7 Å². The molecular formula is C21H19N3OS. The number of hydrogen-bond donors (Lipinski definition) is 1. The van der Waals surface area contributed by atoms with E-state index in [1.807, 2.05) is 49.4 Å². The number of aromatic nitrogens is 2. The summed E-state index contributed by atoms with van der Waals surface area (Å²) in [6.07, 6.45) is 3.63. The highest BCUT2D eigenvalue weighted by Crippen LogP contribution is 2.21. The fourth-order valence-corrected chi connectivity index (χ4v) is 3.48. The molecular weight excluding hydrogens is 342 g/mol. The van der Waals surface area contributed by atoms with E-state index in [-0.39, 0.29) is 5.91 Å². The number of pyridine rings is 1. The van der Waals surface area contributed by atoms with Crippen molar-refractivity contribution in [2.75, 3.05) is 5.32 Å². The van der Waals surface area contributed by atoms with Crippen LogP contribution in [0.25, 0.3) is 0 Å². The molecule has 0 bridgehead atoms. The molecule has 0 saturated carbocycles. The van der Waals surface area contributed by atoms with Crippen LogP contribution in [-0.4, -0.2) is 15.9 Å². The molecule has 0 saturated heterocycles. The van der Waals surface area contributed by atoms with Crippen molar-refractivity contribution in [3.63, 3.8) is 0 Å². The lowest BCUT2D eigenvalue weighted by Crippen LogP contribution is -2.11. The quantitative estimate of drug-likeness (QED) is 0.699. The van der Waals surface area contributed by atoms with E-state index in [1.165, 1.54) is 11.3 Å². The summed E-state index contributed by atoms with van der Waals surface area (Å²) in [5.74, 6) is 5.96. The molecule has 3 aromatic rings. The van der Waals surface area contributed by atoms with E-state index in [4.69, 9.17) is 0 Å². The lowest BCUT2D eigenvalue weighted by Gasteiger charge is -2.04. The number of nitrogens with zero attached hydrogens (tertiary/aromatic N) is 2. The third-order valence-corrected chi connectivity index (χ3v) is 4.85. The van der Waals surface area contributed by atoms with Gasteiger partial charge in [0.1, 0.15) is 10.6 Å². The highest BCUT2D eigenvalue weighted by atomic mass is 32.1. The number of anilines is 1. The second-order valence-corrected chi connectivity index (χ2v) is 6.86. The summed E-state index contributed by atoms with van der Waals surface area (Å²) in [6, 6.07) is 13.1. The second-order valence-electron chi connectivity index (χ2n) is 5.77. The van der Waals surface area contributed by atoms with E-state index in [9.17, 15) is 4.79 Å². The topological polar surface area (TPSA) is 54.9 Å². The van der Waals surface area contributed by atoms with E-state index in [0.717, 1.165) is 29.1 Å². The number of hydrogen-bond acceptors (Lipinski definition) is 4. The molecule has 4 nitrogen and oxygen atoms in total. The molecule has 0 unspecified atom stereocenters. The van der Waals surface area contributed by atoms with Crippen molar-refractivity contribution in [2.45, 2.75) is 26.7 Å². The van der Waals surface area contributed by atoms with Crippen molar-refractivity contribution < 1.29 is 4.79 Å². The van der Waals surface area contributed by atoms with Gasteiger partial charge < -0.3 is 5.32 Å². The molecule has 0 aliphatic rings. The van der Waals surface area contributed by atoms with Gasteiger partial charge in [-0.05, 0) is 56.0 Å². The summed E-state index contributed by atoms with van der Waals surface area (Å²) in [7, 11) is 0.